The Morgan fingerprint density at radius 1 is 1.50 bits per heavy atom. The van der Waals surface area contributed by atoms with Gasteiger partial charge in [-0.1, -0.05) is 0 Å². The van der Waals surface area contributed by atoms with Crippen molar-refractivity contribution in [2.75, 3.05) is 40.3 Å². The normalized spacial score (nSPS) is 22.3. The molecule has 1 aliphatic rings. The van der Waals surface area contributed by atoms with Gasteiger partial charge in [0.1, 0.15) is 6.04 Å². The fraction of sp³-hybridized carbons (Fsp3) is 0.833. The molecule has 0 aromatic rings. The van der Waals surface area contributed by atoms with Crippen molar-refractivity contribution >= 4 is 11.8 Å². The van der Waals surface area contributed by atoms with Crippen LogP contribution in [0, 0.1) is 0 Å². The fourth-order valence-electron chi connectivity index (χ4n) is 2.18. The minimum Gasteiger partial charge on any atom is -0.355 e. The van der Waals surface area contributed by atoms with Gasteiger partial charge in [0.15, 0.2) is 0 Å². The fourth-order valence-corrected chi connectivity index (χ4v) is 2.18. The molecule has 2 N–H and O–H groups in total. The van der Waals surface area contributed by atoms with E-state index < -0.39 is 0 Å². The van der Waals surface area contributed by atoms with Gasteiger partial charge in [-0.2, -0.15) is 0 Å². The van der Waals surface area contributed by atoms with Crippen molar-refractivity contribution in [2.24, 2.45) is 0 Å². The Morgan fingerprint density at radius 2 is 2.17 bits per heavy atom. The van der Waals surface area contributed by atoms with Crippen LogP contribution >= 0.6 is 0 Å². The molecular formula is C12H24N4O2. The van der Waals surface area contributed by atoms with Gasteiger partial charge in [-0.05, 0) is 13.8 Å². The number of nitrogens with one attached hydrogen (secondary N) is 2. The second-order valence-corrected chi connectivity index (χ2v) is 4.76. The predicted molar refractivity (Wildman–Crippen MR) is 70.2 cm³/mol. The van der Waals surface area contributed by atoms with Crippen molar-refractivity contribution in [3.63, 3.8) is 0 Å². The molecule has 2 atom stereocenters. The molecule has 1 saturated heterocycles. The number of carbonyl (C=O) groups is 2. The van der Waals surface area contributed by atoms with Crippen molar-refractivity contribution in [3.05, 3.63) is 0 Å². The van der Waals surface area contributed by atoms with Crippen molar-refractivity contribution in [2.45, 2.75) is 25.9 Å². The van der Waals surface area contributed by atoms with Crippen LogP contribution in [0.4, 0.5) is 0 Å². The van der Waals surface area contributed by atoms with Crippen LogP contribution in [0.2, 0.25) is 0 Å². The highest BCUT2D eigenvalue weighted by Crippen LogP contribution is 2.10. The standard InChI is InChI=1S/C12H24N4O2/c1-5-14-11(17)9(2)16-7-6-13-8-10(16)12(18)15(3)4/h9-10,13H,5-8H2,1-4H3,(H,14,17). The monoisotopic (exact) mass is 256 g/mol. The van der Waals surface area contributed by atoms with E-state index in [9.17, 15) is 9.59 Å². The minimum absolute atomic E-state index is 0.0176. The second-order valence-electron chi connectivity index (χ2n) is 4.76. The lowest BCUT2D eigenvalue weighted by Gasteiger charge is -2.39. The molecule has 0 radical (unpaired) electrons. The molecule has 0 aromatic carbocycles. The summed E-state index contributed by atoms with van der Waals surface area (Å²) in [6.45, 7) is 6.48. The van der Waals surface area contributed by atoms with Crippen molar-refractivity contribution in [3.8, 4) is 0 Å². The number of rotatable bonds is 4. The number of nitrogens with zero attached hydrogens (tertiary/aromatic N) is 2. The van der Waals surface area contributed by atoms with Gasteiger partial charge in [0, 0.05) is 40.3 Å². The van der Waals surface area contributed by atoms with E-state index in [1.165, 1.54) is 0 Å². The number of carbonyl (C=O) groups excluding carboxylic acids is 2. The maximum absolute atomic E-state index is 12.1. The molecule has 1 aliphatic heterocycles. The van der Waals surface area contributed by atoms with E-state index in [0.29, 0.717) is 19.6 Å². The first-order valence-corrected chi connectivity index (χ1v) is 6.44. The molecule has 0 saturated carbocycles. The van der Waals surface area contributed by atoms with E-state index in [2.05, 4.69) is 10.6 Å². The maximum atomic E-state index is 12.1. The van der Waals surface area contributed by atoms with Gasteiger partial charge in [-0.3, -0.25) is 14.5 Å². The van der Waals surface area contributed by atoms with E-state index >= 15 is 0 Å². The number of hydrogen-bond donors (Lipinski definition) is 2. The summed E-state index contributed by atoms with van der Waals surface area (Å²) < 4.78 is 0. The highest BCUT2D eigenvalue weighted by Gasteiger charge is 2.35. The molecule has 0 spiro atoms. The van der Waals surface area contributed by atoms with E-state index in [1.807, 2.05) is 18.7 Å². The smallest absolute Gasteiger partial charge is 0.240 e. The lowest BCUT2D eigenvalue weighted by atomic mass is 10.1. The SMILES string of the molecule is CCNC(=O)C(C)N1CCNCC1C(=O)N(C)C. The summed E-state index contributed by atoms with van der Waals surface area (Å²) in [7, 11) is 3.48. The first-order valence-electron chi connectivity index (χ1n) is 6.44. The third kappa shape index (κ3) is 3.43. The van der Waals surface area contributed by atoms with Crippen LogP contribution in [0.3, 0.4) is 0 Å². The summed E-state index contributed by atoms with van der Waals surface area (Å²) in [6, 6.07) is -0.535. The van der Waals surface area contributed by atoms with Crippen LogP contribution in [-0.2, 0) is 9.59 Å². The number of likely N-dealkylation sites (N-methyl/N-ethyl adjacent to an activating group) is 2. The lowest BCUT2D eigenvalue weighted by Crippen LogP contribution is -2.62. The molecule has 1 rings (SSSR count). The third-order valence-electron chi connectivity index (χ3n) is 3.24. The number of hydrogen-bond acceptors (Lipinski definition) is 4. The van der Waals surface area contributed by atoms with Crippen LogP contribution in [0.5, 0.6) is 0 Å². The Hall–Kier alpha value is -1.14. The highest BCUT2D eigenvalue weighted by atomic mass is 16.2. The van der Waals surface area contributed by atoms with E-state index in [1.54, 1.807) is 19.0 Å². The molecule has 0 aliphatic carbocycles. The van der Waals surface area contributed by atoms with Gasteiger partial charge in [0.25, 0.3) is 0 Å². The molecular weight excluding hydrogens is 232 g/mol. The Kier molecular flexibility index (Phi) is 5.55. The van der Waals surface area contributed by atoms with Crippen molar-refractivity contribution < 1.29 is 9.59 Å². The van der Waals surface area contributed by atoms with Crippen LogP contribution < -0.4 is 10.6 Å². The summed E-state index contributed by atoms with van der Waals surface area (Å²) in [4.78, 5) is 27.5. The average molecular weight is 256 g/mol. The molecule has 1 heterocycles. The van der Waals surface area contributed by atoms with Gasteiger partial charge in [-0.15, -0.1) is 0 Å². The van der Waals surface area contributed by atoms with Gasteiger partial charge in [0.2, 0.25) is 11.8 Å². The molecule has 104 valence electrons. The molecule has 6 heteroatoms. The number of piperazine rings is 1. The van der Waals surface area contributed by atoms with Gasteiger partial charge >= 0.3 is 0 Å². The maximum Gasteiger partial charge on any atom is 0.240 e. The van der Waals surface area contributed by atoms with Crippen LogP contribution in [0.25, 0.3) is 0 Å². The summed E-state index contributed by atoms with van der Waals surface area (Å²) in [6.07, 6.45) is 0. The number of amides is 2. The molecule has 6 nitrogen and oxygen atoms in total. The van der Waals surface area contributed by atoms with Crippen molar-refractivity contribution in [1.29, 1.82) is 0 Å². The van der Waals surface area contributed by atoms with E-state index in [-0.39, 0.29) is 23.9 Å². The first kappa shape index (κ1) is 14.9. The first-order chi connectivity index (χ1) is 8.49. The Balaban J connectivity index is 2.75. The highest BCUT2D eigenvalue weighted by molar-refractivity contribution is 5.85. The average Bonchev–Trinajstić information content (AvgIpc) is 2.37. The molecule has 0 aromatic heterocycles. The Labute approximate surface area is 109 Å². The van der Waals surface area contributed by atoms with Crippen molar-refractivity contribution in [1.82, 2.24) is 20.4 Å². The molecule has 0 bridgehead atoms. The Morgan fingerprint density at radius 3 is 2.72 bits per heavy atom. The molecule has 1 fully saturated rings. The summed E-state index contributed by atoms with van der Waals surface area (Å²) in [5, 5.41) is 6.01. The molecule has 2 amide bonds. The molecule has 2 unspecified atom stereocenters. The van der Waals surface area contributed by atoms with Gasteiger partial charge in [0.05, 0.1) is 6.04 Å². The van der Waals surface area contributed by atoms with E-state index in [0.717, 1.165) is 6.54 Å². The quantitative estimate of drug-likeness (QED) is 0.668. The van der Waals surface area contributed by atoms with Gasteiger partial charge < -0.3 is 15.5 Å². The zero-order chi connectivity index (χ0) is 13.7. The van der Waals surface area contributed by atoms with Crippen LogP contribution in [0.15, 0.2) is 0 Å². The lowest BCUT2D eigenvalue weighted by molar-refractivity contribution is -0.138. The van der Waals surface area contributed by atoms with E-state index in [4.69, 9.17) is 0 Å². The Bertz CT molecular complexity index is 306. The molecule has 18 heavy (non-hydrogen) atoms. The minimum atomic E-state index is -0.277. The second kappa shape index (κ2) is 6.70. The zero-order valence-corrected chi connectivity index (χ0v) is 11.7. The summed E-state index contributed by atoms with van der Waals surface area (Å²) in [5.74, 6) is 0.0225. The predicted octanol–water partition coefficient (Wildman–Crippen LogP) is -1.13. The van der Waals surface area contributed by atoms with Gasteiger partial charge in [-0.25, -0.2) is 0 Å². The zero-order valence-electron chi connectivity index (χ0n) is 11.7. The third-order valence-corrected chi connectivity index (χ3v) is 3.24. The van der Waals surface area contributed by atoms with Crippen LogP contribution in [0.1, 0.15) is 13.8 Å². The summed E-state index contributed by atoms with van der Waals surface area (Å²) in [5.41, 5.74) is 0. The summed E-state index contributed by atoms with van der Waals surface area (Å²) >= 11 is 0. The largest absolute Gasteiger partial charge is 0.355 e. The van der Waals surface area contributed by atoms with Crippen LogP contribution in [-0.4, -0.2) is 74.0 Å². The topological polar surface area (TPSA) is 64.7 Å².